The van der Waals surface area contributed by atoms with Crippen molar-refractivity contribution in [3.63, 3.8) is 0 Å². The minimum absolute atomic E-state index is 0.0951. The summed E-state index contributed by atoms with van der Waals surface area (Å²) < 4.78 is 5.29. The maximum atomic E-state index is 13.1. The number of benzene rings is 2. The molecule has 8 heteroatoms. The zero-order valence-corrected chi connectivity index (χ0v) is 22.1. The fourth-order valence-electron chi connectivity index (χ4n) is 4.18. The predicted octanol–water partition coefficient (Wildman–Crippen LogP) is 6.10. The average Bonchev–Trinajstić information content (AvgIpc) is 3.22. The van der Waals surface area contributed by atoms with Crippen molar-refractivity contribution in [3.8, 4) is 0 Å². The van der Waals surface area contributed by atoms with Crippen molar-refractivity contribution in [2.45, 2.75) is 56.1 Å². The van der Waals surface area contributed by atoms with Crippen molar-refractivity contribution in [1.82, 2.24) is 0 Å². The van der Waals surface area contributed by atoms with E-state index in [0.717, 1.165) is 41.7 Å². The van der Waals surface area contributed by atoms with E-state index >= 15 is 0 Å². The summed E-state index contributed by atoms with van der Waals surface area (Å²) in [6, 6.07) is 17.1. The maximum Gasteiger partial charge on any atom is 0.341 e. The first-order valence-electron chi connectivity index (χ1n) is 12.2. The Morgan fingerprint density at radius 1 is 1.03 bits per heavy atom. The van der Waals surface area contributed by atoms with E-state index in [9.17, 15) is 14.4 Å². The number of carbonyl (C=O) groups excluding carboxylic acids is 3. The molecular weight excluding hydrogens is 492 g/mol. The van der Waals surface area contributed by atoms with E-state index < -0.39 is 5.25 Å². The van der Waals surface area contributed by atoms with E-state index in [1.165, 1.54) is 28.0 Å². The molecule has 0 bridgehead atoms. The minimum atomic E-state index is -0.408. The predicted molar refractivity (Wildman–Crippen MR) is 146 cm³/mol. The summed E-state index contributed by atoms with van der Waals surface area (Å²) in [5.41, 5.74) is 3.18. The van der Waals surface area contributed by atoms with Crippen molar-refractivity contribution < 1.29 is 19.1 Å². The highest BCUT2D eigenvalue weighted by Crippen LogP contribution is 2.39. The number of hydrogen-bond acceptors (Lipinski definition) is 6. The first-order chi connectivity index (χ1) is 17.4. The molecule has 6 nitrogen and oxygen atoms in total. The number of fused-ring (bicyclic) bond motifs is 1. The lowest BCUT2D eigenvalue weighted by Crippen LogP contribution is -2.23. The zero-order chi connectivity index (χ0) is 25.5. The lowest BCUT2D eigenvalue weighted by Gasteiger charge is -2.14. The number of anilines is 2. The Labute approximate surface area is 219 Å². The van der Waals surface area contributed by atoms with Gasteiger partial charge >= 0.3 is 5.97 Å². The molecule has 188 valence electrons. The van der Waals surface area contributed by atoms with Crippen LogP contribution in [0.3, 0.4) is 0 Å². The lowest BCUT2D eigenvalue weighted by atomic mass is 9.95. The van der Waals surface area contributed by atoms with E-state index in [1.54, 1.807) is 6.92 Å². The molecule has 1 atom stereocenters. The van der Waals surface area contributed by atoms with Crippen molar-refractivity contribution in [2.75, 3.05) is 17.2 Å². The van der Waals surface area contributed by atoms with Gasteiger partial charge in [-0.3, -0.25) is 9.59 Å². The van der Waals surface area contributed by atoms with Gasteiger partial charge in [0, 0.05) is 15.5 Å². The van der Waals surface area contributed by atoms with Gasteiger partial charge in [0.2, 0.25) is 11.8 Å². The van der Waals surface area contributed by atoms with Gasteiger partial charge in [-0.15, -0.1) is 23.1 Å². The molecule has 3 aromatic rings. The molecule has 2 N–H and O–H groups in total. The van der Waals surface area contributed by atoms with Crippen LogP contribution in [0.5, 0.6) is 0 Å². The molecule has 1 heterocycles. The van der Waals surface area contributed by atoms with E-state index in [0.29, 0.717) is 29.3 Å². The molecule has 1 aromatic heterocycles. The van der Waals surface area contributed by atoms with Crippen LogP contribution in [0, 0.1) is 0 Å². The fourth-order valence-corrected chi connectivity index (χ4v) is 6.38. The summed E-state index contributed by atoms with van der Waals surface area (Å²) in [5, 5.41) is 6.09. The van der Waals surface area contributed by atoms with Gasteiger partial charge in [0.1, 0.15) is 5.00 Å². The number of ether oxygens (including phenoxy) is 1. The Morgan fingerprint density at radius 2 is 1.81 bits per heavy atom. The van der Waals surface area contributed by atoms with Crippen LogP contribution < -0.4 is 10.6 Å². The van der Waals surface area contributed by atoms with Crippen LogP contribution in [-0.2, 0) is 33.6 Å². The van der Waals surface area contributed by atoms with E-state index in [-0.39, 0.29) is 17.8 Å². The van der Waals surface area contributed by atoms with Crippen molar-refractivity contribution in [2.24, 2.45) is 0 Å². The number of hydrogen-bond donors (Lipinski definition) is 2. The highest BCUT2D eigenvalue weighted by molar-refractivity contribution is 8.00. The molecular formula is C28H30N2O4S2. The number of amides is 2. The van der Waals surface area contributed by atoms with Crippen molar-refractivity contribution in [1.29, 1.82) is 0 Å². The number of carbonyl (C=O) groups is 3. The number of nitrogens with one attached hydrogen (secondary N) is 2. The Kier molecular flexibility index (Phi) is 8.83. The third-order valence-corrected chi connectivity index (χ3v) is 8.20. The number of aryl methyl sites for hydroxylation is 1. The second kappa shape index (κ2) is 12.2. The topological polar surface area (TPSA) is 84.5 Å². The Hall–Kier alpha value is -3.10. The van der Waals surface area contributed by atoms with Gasteiger partial charge in [-0.1, -0.05) is 36.4 Å². The molecule has 2 aromatic carbocycles. The summed E-state index contributed by atoms with van der Waals surface area (Å²) in [6.45, 7) is 3.91. The highest BCUT2D eigenvalue weighted by Gasteiger charge is 2.28. The Balaban J connectivity index is 1.40. The SMILES string of the molecule is CCOC(=O)c1c(NC(=O)C(C)Sc2cccc(NC(=O)Cc3ccccc3)c2)sc2c1CCCC2. The van der Waals surface area contributed by atoms with Crippen LogP contribution in [0.25, 0.3) is 0 Å². The quantitative estimate of drug-likeness (QED) is 0.262. The van der Waals surface area contributed by atoms with Crippen molar-refractivity contribution >= 4 is 51.6 Å². The molecule has 36 heavy (non-hydrogen) atoms. The van der Waals surface area contributed by atoms with Gasteiger partial charge in [0.25, 0.3) is 0 Å². The Morgan fingerprint density at radius 3 is 2.58 bits per heavy atom. The van der Waals surface area contributed by atoms with Gasteiger partial charge in [-0.25, -0.2) is 4.79 Å². The molecule has 1 aliphatic rings. The summed E-state index contributed by atoms with van der Waals surface area (Å²) in [5.74, 6) is -0.642. The maximum absolute atomic E-state index is 13.1. The van der Waals surface area contributed by atoms with Crippen LogP contribution in [-0.4, -0.2) is 29.6 Å². The molecule has 0 spiro atoms. The van der Waals surface area contributed by atoms with Crippen LogP contribution in [0.15, 0.2) is 59.5 Å². The monoisotopic (exact) mass is 522 g/mol. The van der Waals surface area contributed by atoms with Crippen molar-refractivity contribution in [3.05, 3.63) is 76.2 Å². The van der Waals surface area contributed by atoms with Crippen LogP contribution in [0.4, 0.5) is 10.7 Å². The Bertz CT molecular complexity index is 1240. The lowest BCUT2D eigenvalue weighted by molar-refractivity contribution is -0.116. The number of thioether (sulfide) groups is 1. The highest BCUT2D eigenvalue weighted by atomic mass is 32.2. The smallest absolute Gasteiger partial charge is 0.341 e. The molecule has 1 aliphatic carbocycles. The third kappa shape index (κ3) is 6.56. The first kappa shape index (κ1) is 26.0. The third-order valence-electron chi connectivity index (χ3n) is 5.89. The summed E-state index contributed by atoms with van der Waals surface area (Å²) in [4.78, 5) is 40.2. The number of esters is 1. The molecule has 2 amide bonds. The second-order valence-electron chi connectivity index (χ2n) is 8.62. The van der Waals surface area contributed by atoms with Gasteiger partial charge in [0.05, 0.1) is 23.8 Å². The zero-order valence-electron chi connectivity index (χ0n) is 20.5. The largest absolute Gasteiger partial charge is 0.462 e. The molecule has 1 unspecified atom stereocenters. The fraction of sp³-hybridized carbons (Fsp3) is 0.321. The summed E-state index contributed by atoms with van der Waals surface area (Å²) in [6.07, 6.45) is 4.19. The van der Waals surface area contributed by atoms with Gasteiger partial charge in [-0.05, 0) is 68.9 Å². The number of thiophene rings is 1. The molecule has 0 saturated carbocycles. The molecule has 0 radical (unpaired) electrons. The minimum Gasteiger partial charge on any atom is -0.462 e. The summed E-state index contributed by atoms with van der Waals surface area (Å²) in [7, 11) is 0. The number of rotatable bonds is 9. The first-order valence-corrected chi connectivity index (χ1v) is 13.9. The molecule has 0 aliphatic heterocycles. The molecule has 4 rings (SSSR count). The van der Waals surface area contributed by atoms with E-state index in [1.807, 2.05) is 61.5 Å². The normalized spacial score (nSPS) is 13.4. The summed E-state index contributed by atoms with van der Waals surface area (Å²) >= 11 is 2.89. The van der Waals surface area contributed by atoms with E-state index in [2.05, 4.69) is 10.6 Å². The average molecular weight is 523 g/mol. The van der Waals surface area contributed by atoms with Gasteiger partial charge in [-0.2, -0.15) is 0 Å². The van der Waals surface area contributed by atoms with Crippen LogP contribution in [0.1, 0.15) is 53.1 Å². The van der Waals surface area contributed by atoms with Crippen LogP contribution >= 0.6 is 23.1 Å². The molecule has 0 saturated heterocycles. The molecule has 0 fully saturated rings. The van der Waals surface area contributed by atoms with Gasteiger partial charge < -0.3 is 15.4 Å². The standard InChI is InChI=1S/C28H30N2O4S2/c1-3-34-28(33)25-22-14-7-8-15-23(22)36-27(25)30-26(32)18(2)35-21-13-9-12-20(17-21)29-24(31)16-19-10-5-4-6-11-19/h4-6,9-13,17-18H,3,7-8,14-16H2,1-2H3,(H,29,31)(H,30,32). The van der Waals surface area contributed by atoms with Gasteiger partial charge in [0.15, 0.2) is 0 Å². The van der Waals surface area contributed by atoms with E-state index in [4.69, 9.17) is 4.74 Å². The van der Waals surface area contributed by atoms with Crippen LogP contribution in [0.2, 0.25) is 0 Å². The second-order valence-corrected chi connectivity index (χ2v) is 11.1.